The number of nitrogens with zero attached hydrogens (tertiary/aromatic N) is 3. The summed E-state index contributed by atoms with van der Waals surface area (Å²) in [5.41, 5.74) is 0. The normalized spacial score (nSPS) is 10.1. The van der Waals surface area contributed by atoms with E-state index in [-0.39, 0.29) is 0 Å². The van der Waals surface area contributed by atoms with Crippen LogP contribution in [0.4, 0.5) is 0 Å². The molecule has 0 fully saturated rings. The van der Waals surface area contributed by atoms with Crippen molar-refractivity contribution in [3.63, 3.8) is 0 Å². The number of aryl methyl sites for hydroxylation is 1. The van der Waals surface area contributed by atoms with Gasteiger partial charge in [-0.2, -0.15) is 0 Å². The minimum Gasteiger partial charge on any atom is -0.241 e. The van der Waals surface area contributed by atoms with Crippen molar-refractivity contribution in [2.75, 3.05) is 0 Å². The molecular formula is C8H7N3S. The Labute approximate surface area is 74.2 Å². The fourth-order valence-electron chi connectivity index (χ4n) is 0.868. The van der Waals surface area contributed by atoms with Crippen LogP contribution in [0, 0.1) is 6.92 Å². The van der Waals surface area contributed by atoms with Crippen molar-refractivity contribution in [2.24, 2.45) is 0 Å². The van der Waals surface area contributed by atoms with E-state index in [9.17, 15) is 0 Å². The highest BCUT2D eigenvalue weighted by atomic mass is 32.1. The van der Waals surface area contributed by atoms with Crippen LogP contribution in [-0.4, -0.2) is 15.0 Å². The molecule has 0 bridgehead atoms. The fourth-order valence-corrected chi connectivity index (χ4v) is 1.58. The lowest BCUT2D eigenvalue weighted by atomic mass is 10.6. The summed E-state index contributed by atoms with van der Waals surface area (Å²) < 4.78 is 0. The third-order valence-electron chi connectivity index (χ3n) is 1.38. The third kappa shape index (κ3) is 1.33. The van der Waals surface area contributed by atoms with E-state index in [4.69, 9.17) is 0 Å². The summed E-state index contributed by atoms with van der Waals surface area (Å²) in [4.78, 5) is 13.6. The lowest BCUT2D eigenvalue weighted by Crippen LogP contribution is -1.84. The Morgan fingerprint density at radius 2 is 1.92 bits per heavy atom. The van der Waals surface area contributed by atoms with Crippen molar-refractivity contribution in [1.29, 1.82) is 0 Å². The van der Waals surface area contributed by atoms with E-state index >= 15 is 0 Å². The first-order valence-corrected chi connectivity index (χ1v) is 4.38. The van der Waals surface area contributed by atoms with Gasteiger partial charge < -0.3 is 0 Å². The number of aromatic nitrogens is 3. The molecule has 60 valence electrons. The fraction of sp³-hybridized carbons (Fsp3) is 0.125. The average molecular weight is 177 g/mol. The molecule has 0 unspecified atom stereocenters. The van der Waals surface area contributed by atoms with Crippen molar-refractivity contribution in [3.05, 3.63) is 29.5 Å². The molecule has 2 aromatic rings. The molecule has 2 heterocycles. The summed E-state index contributed by atoms with van der Waals surface area (Å²) in [6.45, 7) is 2.02. The molecule has 2 rings (SSSR count). The number of hydrogen-bond acceptors (Lipinski definition) is 4. The Morgan fingerprint density at radius 1 is 1.17 bits per heavy atom. The van der Waals surface area contributed by atoms with Crippen LogP contribution in [0.25, 0.3) is 10.8 Å². The van der Waals surface area contributed by atoms with Gasteiger partial charge in [0, 0.05) is 23.5 Å². The summed E-state index contributed by atoms with van der Waals surface area (Å²) in [5.74, 6) is 0.704. The summed E-state index contributed by atoms with van der Waals surface area (Å²) in [7, 11) is 0. The highest BCUT2D eigenvalue weighted by molar-refractivity contribution is 7.14. The van der Waals surface area contributed by atoms with E-state index in [1.165, 1.54) is 4.88 Å². The molecule has 0 aliphatic carbocycles. The topological polar surface area (TPSA) is 38.7 Å². The molecule has 0 atom stereocenters. The highest BCUT2D eigenvalue weighted by Crippen LogP contribution is 2.19. The van der Waals surface area contributed by atoms with E-state index < -0.39 is 0 Å². The molecule has 2 aromatic heterocycles. The molecule has 0 aromatic carbocycles. The molecule has 0 amide bonds. The molecule has 3 nitrogen and oxygen atoms in total. The summed E-state index contributed by atoms with van der Waals surface area (Å²) in [6.07, 6.45) is 5.27. The van der Waals surface area contributed by atoms with Crippen molar-refractivity contribution in [1.82, 2.24) is 15.0 Å². The summed E-state index contributed by atoms with van der Waals surface area (Å²) >= 11 is 1.60. The van der Waals surface area contributed by atoms with Gasteiger partial charge in [0.2, 0.25) is 0 Å². The van der Waals surface area contributed by atoms with Gasteiger partial charge in [-0.05, 0) is 13.0 Å². The Balaban J connectivity index is 2.45. The number of hydrogen-bond donors (Lipinski definition) is 0. The van der Waals surface area contributed by atoms with Crippen LogP contribution in [-0.2, 0) is 0 Å². The van der Waals surface area contributed by atoms with Crippen LogP contribution >= 0.6 is 11.3 Å². The van der Waals surface area contributed by atoms with Gasteiger partial charge in [0.1, 0.15) is 0 Å². The molecule has 0 spiro atoms. The molecule has 0 saturated heterocycles. The van der Waals surface area contributed by atoms with Gasteiger partial charge >= 0.3 is 0 Å². The molecule has 0 radical (unpaired) electrons. The van der Waals surface area contributed by atoms with E-state index in [2.05, 4.69) is 15.0 Å². The first-order valence-electron chi connectivity index (χ1n) is 3.56. The summed E-state index contributed by atoms with van der Waals surface area (Å²) in [5, 5.41) is 0.883. The van der Waals surface area contributed by atoms with Gasteiger partial charge in [-0.1, -0.05) is 0 Å². The Morgan fingerprint density at radius 3 is 2.50 bits per heavy atom. The Bertz CT molecular complexity index is 369. The SMILES string of the molecule is Cc1cnc(-c2ncccn2)s1. The Kier molecular flexibility index (Phi) is 1.83. The monoisotopic (exact) mass is 177 g/mol. The van der Waals surface area contributed by atoms with Crippen LogP contribution in [0.2, 0.25) is 0 Å². The molecule has 0 saturated carbocycles. The van der Waals surface area contributed by atoms with E-state index in [0.29, 0.717) is 5.82 Å². The molecule has 4 heteroatoms. The molecular weight excluding hydrogens is 170 g/mol. The zero-order valence-electron chi connectivity index (χ0n) is 6.56. The second-order valence-corrected chi connectivity index (χ2v) is 3.58. The minimum absolute atomic E-state index is 0.704. The maximum absolute atomic E-state index is 4.18. The Hall–Kier alpha value is -1.29. The predicted octanol–water partition coefficient (Wildman–Crippen LogP) is 1.91. The minimum atomic E-state index is 0.704. The molecule has 0 aliphatic heterocycles. The first kappa shape index (κ1) is 7.36. The van der Waals surface area contributed by atoms with Crippen LogP contribution in [0.3, 0.4) is 0 Å². The van der Waals surface area contributed by atoms with Crippen LogP contribution in [0.1, 0.15) is 4.88 Å². The first-order chi connectivity index (χ1) is 5.86. The van der Waals surface area contributed by atoms with E-state index in [1.54, 1.807) is 29.8 Å². The van der Waals surface area contributed by atoms with Gasteiger partial charge in [-0.15, -0.1) is 11.3 Å². The number of thiazole rings is 1. The number of rotatable bonds is 1. The van der Waals surface area contributed by atoms with Gasteiger partial charge in [0.25, 0.3) is 0 Å². The maximum Gasteiger partial charge on any atom is 0.188 e. The third-order valence-corrected chi connectivity index (χ3v) is 2.29. The highest BCUT2D eigenvalue weighted by Gasteiger charge is 2.02. The van der Waals surface area contributed by atoms with Gasteiger partial charge in [0.15, 0.2) is 10.8 Å². The van der Waals surface area contributed by atoms with E-state index in [1.807, 2.05) is 13.1 Å². The maximum atomic E-state index is 4.18. The lowest BCUT2D eigenvalue weighted by Gasteiger charge is -1.89. The second-order valence-electron chi connectivity index (χ2n) is 2.35. The lowest BCUT2D eigenvalue weighted by molar-refractivity contribution is 1.16. The van der Waals surface area contributed by atoms with Crippen LogP contribution in [0.5, 0.6) is 0 Å². The van der Waals surface area contributed by atoms with Crippen molar-refractivity contribution < 1.29 is 0 Å². The van der Waals surface area contributed by atoms with Crippen LogP contribution in [0.15, 0.2) is 24.7 Å². The molecule has 12 heavy (non-hydrogen) atoms. The van der Waals surface area contributed by atoms with Crippen molar-refractivity contribution in [3.8, 4) is 10.8 Å². The van der Waals surface area contributed by atoms with Crippen LogP contribution < -0.4 is 0 Å². The standard InChI is InChI=1S/C8H7N3S/c1-6-5-11-8(12-6)7-9-3-2-4-10-7/h2-5H,1H3. The second kappa shape index (κ2) is 2.98. The largest absolute Gasteiger partial charge is 0.241 e. The molecule has 0 N–H and O–H groups in total. The summed E-state index contributed by atoms with van der Waals surface area (Å²) in [6, 6.07) is 1.80. The molecule has 0 aliphatic rings. The zero-order valence-corrected chi connectivity index (χ0v) is 7.38. The quantitative estimate of drug-likeness (QED) is 0.667. The zero-order chi connectivity index (χ0) is 8.39. The predicted molar refractivity (Wildman–Crippen MR) is 47.9 cm³/mol. The van der Waals surface area contributed by atoms with Crippen molar-refractivity contribution >= 4 is 11.3 Å². The van der Waals surface area contributed by atoms with Gasteiger partial charge in [-0.3, -0.25) is 0 Å². The average Bonchev–Trinajstić information content (AvgIpc) is 2.54. The van der Waals surface area contributed by atoms with Gasteiger partial charge in [-0.25, -0.2) is 15.0 Å². The van der Waals surface area contributed by atoms with Crippen molar-refractivity contribution in [2.45, 2.75) is 6.92 Å². The van der Waals surface area contributed by atoms with E-state index in [0.717, 1.165) is 5.01 Å². The van der Waals surface area contributed by atoms with Gasteiger partial charge in [0.05, 0.1) is 0 Å². The smallest absolute Gasteiger partial charge is 0.188 e.